The molecule has 1 aliphatic rings. The Morgan fingerprint density at radius 3 is 2.72 bits per heavy atom. The van der Waals surface area contributed by atoms with Gasteiger partial charge in [0.15, 0.2) is 11.6 Å². The van der Waals surface area contributed by atoms with Gasteiger partial charge in [-0.1, -0.05) is 41.9 Å². The van der Waals surface area contributed by atoms with E-state index in [0.717, 1.165) is 12.0 Å². The Labute approximate surface area is 151 Å². The van der Waals surface area contributed by atoms with E-state index in [1.54, 1.807) is 25.3 Å². The molecule has 2 aromatic rings. The summed E-state index contributed by atoms with van der Waals surface area (Å²) in [4.78, 5) is 16.3. The van der Waals surface area contributed by atoms with Crippen molar-refractivity contribution >= 4 is 29.5 Å². The van der Waals surface area contributed by atoms with E-state index in [4.69, 9.17) is 21.1 Å². The highest BCUT2D eigenvalue weighted by Crippen LogP contribution is 2.27. The SMILES string of the molecule is COc1ccc(/C=C2/N=C(CCc3ccccc3C)OC2=O)cc1Cl. The summed E-state index contributed by atoms with van der Waals surface area (Å²) >= 11 is 6.11. The first kappa shape index (κ1) is 17.2. The van der Waals surface area contributed by atoms with Crippen molar-refractivity contribution in [3.05, 3.63) is 69.9 Å². The molecule has 0 spiro atoms. The molecule has 2 aromatic carbocycles. The second-order valence-electron chi connectivity index (χ2n) is 5.75. The second-order valence-corrected chi connectivity index (χ2v) is 6.15. The molecule has 0 N–H and O–H groups in total. The third-order valence-electron chi connectivity index (χ3n) is 4.01. The first-order valence-corrected chi connectivity index (χ1v) is 8.34. The average molecular weight is 356 g/mol. The van der Waals surface area contributed by atoms with Gasteiger partial charge in [-0.25, -0.2) is 9.79 Å². The summed E-state index contributed by atoms with van der Waals surface area (Å²) in [6, 6.07) is 13.4. The molecule has 128 valence electrons. The van der Waals surface area contributed by atoms with Crippen molar-refractivity contribution in [1.29, 1.82) is 0 Å². The van der Waals surface area contributed by atoms with Crippen LogP contribution in [0.5, 0.6) is 5.75 Å². The van der Waals surface area contributed by atoms with Gasteiger partial charge in [0, 0.05) is 6.42 Å². The number of aryl methyl sites for hydroxylation is 2. The van der Waals surface area contributed by atoms with E-state index in [1.807, 2.05) is 18.2 Å². The van der Waals surface area contributed by atoms with Crippen molar-refractivity contribution in [2.24, 2.45) is 4.99 Å². The van der Waals surface area contributed by atoms with Gasteiger partial charge < -0.3 is 9.47 Å². The number of ether oxygens (including phenoxy) is 2. The first-order chi connectivity index (χ1) is 12.1. The Morgan fingerprint density at radius 2 is 2.00 bits per heavy atom. The molecule has 0 amide bonds. The van der Waals surface area contributed by atoms with Crippen LogP contribution in [0.15, 0.2) is 53.2 Å². The Kier molecular flexibility index (Phi) is 5.19. The van der Waals surface area contributed by atoms with Crippen LogP contribution in [0.25, 0.3) is 6.08 Å². The van der Waals surface area contributed by atoms with Crippen molar-refractivity contribution in [2.45, 2.75) is 19.8 Å². The highest BCUT2D eigenvalue weighted by atomic mass is 35.5. The number of carbonyl (C=O) groups is 1. The molecule has 25 heavy (non-hydrogen) atoms. The fourth-order valence-electron chi connectivity index (χ4n) is 2.62. The van der Waals surface area contributed by atoms with E-state index >= 15 is 0 Å². The van der Waals surface area contributed by atoms with Crippen molar-refractivity contribution in [3.8, 4) is 5.75 Å². The number of rotatable bonds is 5. The summed E-state index contributed by atoms with van der Waals surface area (Å²) < 4.78 is 10.4. The lowest BCUT2D eigenvalue weighted by atomic mass is 10.0. The van der Waals surface area contributed by atoms with E-state index in [1.165, 1.54) is 11.1 Å². The molecule has 0 aliphatic carbocycles. The van der Waals surface area contributed by atoms with Crippen LogP contribution < -0.4 is 4.74 Å². The van der Waals surface area contributed by atoms with Crippen LogP contribution in [0.3, 0.4) is 0 Å². The van der Waals surface area contributed by atoms with Crippen LogP contribution in [0, 0.1) is 6.92 Å². The van der Waals surface area contributed by atoms with Crippen LogP contribution in [0.1, 0.15) is 23.1 Å². The molecule has 0 saturated heterocycles. The number of nitrogens with zero attached hydrogens (tertiary/aromatic N) is 1. The molecule has 0 bridgehead atoms. The zero-order valence-electron chi connectivity index (χ0n) is 14.1. The van der Waals surface area contributed by atoms with Crippen LogP contribution in [-0.2, 0) is 16.0 Å². The molecule has 0 unspecified atom stereocenters. The van der Waals surface area contributed by atoms with E-state index in [-0.39, 0.29) is 5.70 Å². The van der Waals surface area contributed by atoms with Crippen molar-refractivity contribution in [1.82, 2.24) is 0 Å². The number of cyclic esters (lactones) is 1. The fraction of sp³-hybridized carbons (Fsp3) is 0.200. The van der Waals surface area contributed by atoms with Gasteiger partial charge in [-0.2, -0.15) is 0 Å². The van der Waals surface area contributed by atoms with E-state index < -0.39 is 5.97 Å². The van der Waals surface area contributed by atoms with Gasteiger partial charge in [0.25, 0.3) is 0 Å². The molecule has 0 saturated carbocycles. The lowest BCUT2D eigenvalue weighted by Gasteiger charge is -2.04. The van der Waals surface area contributed by atoms with E-state index in [9.17, 15) is 4.79 Å². The van der Waals surface area contributed by atoms with Gasteiger partial charge in [0.05, 0.1) is 12.1 Å². The highest BCUT2D eigenvalue weighted by molar-refractivity contribution is 6.32. The zero-order chi connectivity index (χ0) is 17.8. The summed E-state index contributed by atoms with van der Waals surface area (Å²) in [5.41, 5.74) is 3.49. The number of carbonyl (C=O) groups excluding carboxylic acids is 1. The summed E-state index contributed by atoms with van der Waals surface area (Å²) in [7, 11) is 1.55. The second kappa shape index (κ2) is 7.53. The fourth-order valence-corrected chi connectivity index (χ4v) is 2.89. The number of esters is 1. The van der Waals surface area contributed by atoms with Gasteiger partial charge in [-0.3, -0.25) is 0 Å². The molecule has 4 nitrogen and oxygen atoms in total. The predicted octanol–water partition coefficient (Wildman–Crippen LogP) is 4.59. The third kappa shape index (κ3) is 4.09. The van der Waals surface area contributed by atoms with E-state index in [2.05, 4.69) is 24.0 Å². The Morgan fingerprint density at radius 1 is 1.20 bits per heavy atom. The quantitative estimate of drug-likeness (QED) is 0.582. The predicted molar refractivity (Wildman–Crippen MR) is 99.0 cm³/mol. The monoisotopic (exact) mass is 355 g/mol. The molecule has 3 rings (SSSR count). The maximum atomic E-state index is 12.0. The summed E-state index contributed by atoms with van der Waals surface area (Å²) in [6.07, 6.45) is 3.02. The topological polar surface area (TPSA) is 47.9 Å². The maximum absolute atomic E-state index is 12.0. The van der Waals surface area contributed by atoms with E-state index in [0.29, 0.717) is 23.1 Å². The number of methoxy groups -OCH3 is 1. The van der Waals surface area contributed by atoms with Crippen molar-refractivity contribution in [2.75, 3.05) is 7.11 Å². The molecule has 0 atom stereocenters. The molecular formula is C20H18ClNO3. The molecule has 0 radical (unpaired) electrons. The summed E-state index contributed by atoms with van der Waals surface area (Å²) in [5.74, 6) is 0.589. The van der Waals surface area contributed by atoms with Crippen LogP contribution in [0.2, 0.25) is 5.02 Å². The summed E-state index contributed by atoms with van der Waals surface area (Å²) in [6.45, 7) is 2.07. The summed E-state index contributed by atoms with van der Waals surface area (Å²) in [5, 5.41) is 0.479. The molecule has 1 heterocycles. The van der Waals surface area contributed by atoms with Gasteiger partial charge in [0.2, 0.25) is 0 Å². The largest absolute Gasteiger partial charge is 0.495 e. The van der Waals surface area contributed by atoms with Crippen LogP contribution in [-0.4, -0.2) is 19.0 Å². The number of halogens is 1. The molecule has 5 heteroatoms. The molecule has 0 fully saturated rings. The number of aliphatic imine (C=N–C) groups is 1. The number of benzene rings is 2. The minimum absolute atomic E-state index is 0.279. The molecule has 0 aromatic heterocycles. The number of hydrogen-bond donors (Lipinski definition) is 0. The minimum atomic E-state index is -0.438. The van der Waals surface area contributed by atoms with Crippen LogP contribution >= 0.6 is 11.6 Å². The van der Waals surface area contributed by atoms with Gasteiger partial charge in [-0.05, 0) is 48.2 Å². The molecule has 1 aliphatic heterocycles. The van der Waals surface area contributed by atoms with Crippen LogP contribution in [0.4, 0.5) is 0 Å². The Bertz CT molecular complexity index is 871. The lowest BCUT2D eigenvalue weighted by Crippen LogP contribution is -2.05. The Balaban J connectivity index is 1.73. The smallest absolute Gasteiger partial charge is 0.363 e. The Hall–Kier alpha value is -2.59. The first-order valence-electron chi connectivity index (χ1n) is 7.96. The van der Waals surface area contributed by atoms with Crippen molar-refractivity contribution in [3.63, 3.8) is 0 Å². The highest BCUT2D eigenvalue weighted by Gasteiger charge is 2.22. The zero-order valence-corrected chi connectivity index (χ0v) is 14.8. The average Bonchev–Trinajstić information content (AvgIpc) is 2.94. The van der Waals surface area contributed by atoms with Gasteiger partial charge in [0.1, 0.15) is 5.75 Å². The van der Waals surface area contributed by atoms with Crippen molar-refractivity contribution < 1.29 is 14.3 Å². The molecular weight excluding hydrogens is 338 g/mol. The van der Waals surface area contributed by atoms with Gasteiger partial charge in [-0.15, -0.1) is 0 Å². The lowest BCUT2D eigenvalue weighted by molar-refractivity contribution is -0.130. The normalized spacial score (nSPS) is 15.2. The third-order valence-corrected chi connectivity index (χ3v) is 4.31. The number of hydrogen-bond acceptors (Lipinski definition) is 4. The minimum Gasteiger partial charge on any atom is -0.495 e. The van der Waals surface area contributed by atoms with Gasteiger partial charge >= 0.3 is 5.97 Å². The maximum Gasteiger partial charge on any atom is 0.363 e. The standard InChI is InChI=1S/C20H18ClNO3/c1-13-5-3-4-6-15(13)8-10-19-22-17(20(23)25-19)12-14-7-9-18(24-2)16(21)11-14/h3-7,9,11-12H,8,10H2,1-2H3/b17-12+.